The first-order valence-electron chi connectivity index (χ1n) is 7.46. The average molecular weight is 308 g/mol. The molecule has 0 aliphatic carbocycles. The van der Waals surface area contributed by atoms with E-state index in [1.165, 1.54) is 0 Å². The molecule has 1 N–H and O–H groups in total. The van der Waals surface area contributed by atoms with Crippen molar-refractivity contribution >= 4 is 11.6 Å². The van der Waals surface area contributed by atoms with Crippen molar-refractivity contribution in [2.75, 3.05) is 26.2 Å². The Morgan fingerprint density at radius 2 is 2.19 bits per heavy atom. The van der Waals surface area contributed by atoms with E-state index in [1.54, 1.807) is 18.2 Å². The van der Waals surface area contributed by atoms with Gasteiger partial charge in [0.1, 0.15) is 11.8 Å². The van der Waals surface area contributed by atoms with E-state index in [2.05, 4.69) is 29.7 Å². The van der Waals surface area contributed by atoms with Gasteiger partial charge >= 0.3 is 0 Å². The fraction of sp³-hybridized carbons (Fsp3) is 0.562. The normalized spacial score (nSPS) is 21.9. The van der Waals surface area contributed by atoms with E-state index in [4.69, 9.17) is 11.6 Å². The highest BCUT2D eigenvalue weighted by Crippen LogP contribution is 2.30. The maximum absolute atomic E-state index is 9.56. The lowest BCUT2D eigenvalue weighted by Gasteiger charge is -2.42. The molecule has 2 rings (SSSR count). The Kier molecular flexibility index (Phi) is 5.46. The third-order valence-electron chi connectivity index (χ3n) is 4.29. The van der Waals surface area contributed by atoms with Crippen LogP contribution in [-0.4, -0.2) is 47.1 Å². The number of hydrogen-bond acceptors (Lipinski definition) is 4. The zero-order valence-electron chi connectivity index (χ0n) is 12.6. The first-order chi connectivity index (χ1) is 10.1. The van der Waals surface area contributed by atoms with Crippen LogP contribution in [0.3, 0.4) is 0 Å². The standard InChI is InChI=1S/C16H22ClN3O/c1-3-13-11-20(8-7-19(13)4-2)15(10-18)12-5-6-16(21)14(17)9-12/h5-6,9,13,15,21H,3-4,7-8,11H2,1-2H3. The van der Waals surface area contributed by atoms with Gasteiger partial charge in [0.05, 0.1) is 11.1 Å². The second kappa shape index (κ2) is 7.13. The van der Waals surface area contributed by atoms with Gasteiger partial charge in [0.25, 0.3) is 0 Å². The fourth-order valence-electron chi connectivity index (χ4n) is 3.02. The topological polar surface area (TPSA) is 50.5 Å². The lowest BCUT2D eigenvalue weighted by atomic mass is 10.0. The molecule has 2 atom stereocenters. The van der Waals surface area contributed by atoms with Crippen LogP contribution >= 0.6 is 11.6 Å². The lowest BCUT2D eigenvalue weighted by Crippen LogP contribution is -2.53. The van der Waals surface area contributed by atoms with Gasteiger partial charge in [-0.05, 0) is 30.7 Å². The first kappa shape index (κ1) is 16.1. The van der Waals surface area contributed by atoms with Crippen LogP contribution in [0.15, 0.2) is 18.2 Å². The van der Waals surface area contributed by atoms with Crippen molar-refractivity contribution in [1.29, 1.82) is 5.26 Å². The third-order valence-corrected chi connectivity index (χ3v) is 4.59. The van der Waals surface area contributed by atoms with Crippen molar-refractivity contribution in [3.05, 3.63) is 28.8 Å². The number of nitrogens with zero attached hydrogens (tertiary/aromatic N) is 3. The molecular formula is C16H22ClN3O. The molecule has 0 saturated carbocycles. The van der Waals surface area contributed by atoms with Gasteiger partial charge < -0.3 is 5.11 Å². The molecule has 4 nitrogen and oxygen atoms in total. The molecule has 0 bridgehead atoms. The minimum atomic E-state index is -0.309. The predicted molar refractivity (Wildman–Crippen MR) is 84.4 cm³/mol. The number of benzene rings is 1. The van der Waals surface area contributed by atoms with Crippen LogP contribution in [0.1, 0.15) is 31.9 Å². The predicted octanol–water partition coefficient (Wildman–Crippen LogP) is 3.03. The molecule has 1 aromatic carbocycles. The summed E-state index contributed by atoms with van der Waals surface area (Å²) in [5.41, 5.74) is 0.847. The van der Waals surface area contributed by atoms with E-state index in [0.717, 1.165) is 38.2 Å². The molecule has 21 heavy (non-hydrogen) atoms. The Hall–Kier alpha value is -1.28. The average Bonchev–Trinajstić information content (AvgIpc) is 2.51. The highest BCUT2D eigenvalue weighted by molar-refractivity contribution is 6.32. The van der Waals surface area contributed by atoms with Crippen molar-refractivity contribution < 1.29 is 5.11 Å². The molecule has 0 amide bonds. The SMILES string of the molecule is CCC1CN(C(C#N)c2ccc(O)c(Cl)c2)CCN1CC. The molecule has 1 heterocycles. The van der Waals surface area contributed by atoms with Gasteiger partial charge in [0.2, 0.25) is 0 Å². The molecule has 0 aromatic heterocycles. The number of phenolic OH excluding ortho intramolecular Hbond substituents is 1. The van der Waals surface area contributed by atoms with Gasteiger partial charge in [-0.15, -0.1) is 0 Å². The zero-order valence-corrected chi connectivity index (χ0v) is 13.3. The highest BCUT2D eigenvalue weighted by Gasteiger charge is 2.30. The number of likely N-dealkylation sites (N-methyl/N-ethyl adjacent to an activating group) is 1. The van der Waals surface area contributed by atoms with Crippen molar-refractivity contribution in [1.82, 2.24) is 9.80 Å². The Morgan fingerprint density at radius 3 is 2.76 bits per heavy atom. The maximum Gasteiger partial charge on any atom is 0.134 e. The fourth-order valence-corrected chi connectivity index (χ4v) is 3.20. The number of phenols is 1. The lowest BCUT2D eigenvalue weighted by molar-refractivity contribution is 0.0623. The molecule has 1 aliphatic rings. The summed E-state index contributed by atoms with van der Waals surface area (Å²) in [6.45, 7) is 8.17. The summed E-state index contributed by atoms with van der Waals surface area (Å²) in [5, 5.41) is 19.4. The van der Waals surface area contributed by atoms with E-state index in [-0.39, 0.29) is 11.8 Å². The molecule has 2 unspecified atom stereocenters. The summed E-state index contributed by atoms with van der Waals surface area (Å²) in [7, 11) is 0. The highest BCUT2D eigenvalue weighted by atomic mass is 35.5. The number of halogens is 1. The smallest absolute Gasteiger partial charge is 0.134 e. The summed E-state index contributed by atoms with van der Waals surface area (Å²) >= 11 is 5.97. The summed E-state index contributed by atoms with van der Waals surface area (Å²) < 4.78 is 0. The van der Waals surface area contributed by atoms with Crippen molar-refractivity contribution in [2.45, 2.75) is 32.4 Å². The summed E-state index contributed by atoms with van der Waals surface area (Å²) in [4.78, 5) is 4.68. The second-order valence-corrected chi connectivity index (χ2v) is 5.84. The molecule has 1 saturated heterocycles. The summed E-state index contributed by atoms with van der Waals surface area (Å²) in [5.74, 6) is 0.0549. The van der Waals surface area contributed by atoms with Crippen LogP contribution in [0.5, 0.6) is 5.75 Å². The van der Waals surface area contributed by atoms with Crippen LogP contribution < -0.4 is 0 Å². The first-order valence-corrected chi connectivity index (χ1v) is 7.84. The molecule has 0 radical (unpaired) electrons. The van der Waals surface area contributed by atoms with E-state index < -0.39 is 0 Å². The monoisotopic (exact) mass is 307 g/mol. The van der Waals surface area contributed by atoms with Gasteiger partial charge in [-0.2, -0.15) is 5.26 Å². The summed E-state index contributed by atoms with van der Waals surface area (Å²) in [6, 6.07) is 7.59. The number of rotatable bonds is 4. The minimum absolute atomic E-state index is 0.0549. The molecular weight excluding hydrogens is 286 g/mol. The molecule has 1 aliphatic heterocycles. The van der Waals surface area contributed by atoms with E-state index in [1.807, 2.05) is 0 Å². The molecule has 5 heteroatoms. The molecule has 114 valence electrons. The van der Waals surface area contributed by atoms with Crippen LogP contribution in [0.4, 0.5) is 0 Å². The Morgan fingerprint density at radius 1 is 1.43 bits per heavy atom. The zero-order chi connectivity index (χ0) is 15.4. The number of hydrogen-bond donors (Lipinski definition) is 1. The van der Waals surface area contributed by atoms with Gasteiger partial charge in [0.15, 0.2) is 0 Å². The van der Waals surface area contributed by atoms with E-state index >= 15 is 0 Å². The Balaban J connectivity index is 2.18. The van der Waals surface area contributed by atoms with Crippen molar-refractivity contribution in [2.24, 2.45) is 0 Å². The van der Waals surface area contributed by atoms with Gasteiger partial charge in [-0.1, -0.05) is 31.5 Å². The largest absolute Gasteiger partial charge is 0.506 e. The minimum Gasteiger partial charge on any atom is -0.506 e. The third kappa shape index (κ3) is 3.49. The second-order valence-electron chi connectivity index (χ2n) is 5.43. The van der Waals surface area contributed by atoms with Gasteiger partial charge in [0, 0.05) is 25.7 Å². The van der Waals surface area contributed by atoms with Crippen LogP contribution in [0, 0.1) is 11.3 Å². The molecule has 1 aromatic rings. The summed E-state index contributed by atoms with van der Waals surface area (Å²) in [6.07, 6.45) is 1.08. The van der Waals surface area contributed by atoms with Crippen molar-refractivity contribution in [3.63, 3.8) is 0 Å². The molecule has 1 fully saturated rings. The number of nitriles is 1. The van der Waals surface area contributed by atoms with Crippen LogP contribution in [-0.2, 0) is 0 Å². The Bertz CT molecular complexity index is 529. The van der Waals surface area contributed by atoms with Crippen LogP contribution in [0.25, 0.3) is 0 Å². The number of aromatic hydroxyl groups is 1. The van der Waals surface area contributed by atoms with E-state index in [0.29, 0.717) is 11.1 Å². The molecule has 0 spiro atoms. The van der Waals surface area contributed by atoms with Gasteiger partial charge in [-0.25, -0.2) is 0 Å². The number of piperazine rings is 1. The quantitative estimate of drug-likeness (QED) is 0.929. The van der Waals surface area contributed by atoms with Crippen molar-refractivity contribution in [3.8, 4) is 11.8 Å². The van der Waals surface area contributed by atoms with E-state index in [9.17, 15) is 10.4 Å². The van der Waals surface area contributed by atoms with Gasteiger partial charge in [-0.3, -0.25) is 9.80 Å². The maximum atomic E-state index is 9.56. The Labute approximate surface area is 131 Å². The van der Waals surface area contributed by atoms with Crippen LogP contribution in [0.2, 0.25) is 5.02 Å².